The summed E-state index contributed by atoms with van der Waals surface area (Å²) in [6.07, 6.45) is 3.31. The number of nitrogens with zero attached hydrogens (tertiary/aromatic N) is 3. The van der Waals surface area contributed by atoms with E-state index in [1.54, 1.807) is 20.3 Å². The maximum Gasteiger partial charge on any atom is 0.411 e. The molecule has 1 atom stereocenters. The van der Waals surface area contributed by atoms with Gasteiger partial charge in [0.15, 0.2) is 0 Å². The van der Waals surface area contributed by atoms with Gasteiger partial charge in [-0.05, 0) is 24.1 Å². The minimum Gasteiger partial charge on any atom is -0.415 e. The van der Waals surface area contributed by atoms with Crippen LogP contribution in [0.5, 0.6) is 0 Å². The van der Waals surface area contributed by atoms with Crippen LogP contribution in [0.2, 0.25) is 0 Å². The summed E-state index contributed by atoms with van der Waals surface area (Å²) < 4.78 is 12.8. The van der Waals surface area contributed by atoms with Gasteiger partial charge in [0.1, 0.15) is 0 Å². The summed E-state index contributed by atoms with van der Waals surface area (Å²) in [7, 11) is 3.29. The van der Waals surface area contributed by atoms with E-state index >= 15 is 0 Å². The summed E-state index contributed by atoms with van der Waals surface area (Å²) in [4.78, 5) is 13.1. The molecular formula is C15H17N3O3. The van der Waals surface area contributed by atoms with Crippen LogP contribution in [-0.2, 0) is 15.9 Å². The largest absolute Gasteiger partial charge is 0.415 e. The Morgan fingerprint density at radius 2 is 2.29 bits per heavy atom. The maximum atomic E-state index is 11.7. The van der Waals surface area contributed by atoms with Crippen LogP contribution in [-0.4, -0.2) is 41.5 Å². The summed E-state index contributed by atoms with van der Waals surface area (Å²) in [6.45, 7) is 0.511. The number of carbonyl (C=O) groups is 1. The summed E-state index contributed by atoms with van der Waals surface area (Å²) in [5.74, 6) is 0. The Kier molecular flexibility index (Phi) is 3.62. The monoisotopic (exact) mass is 287 g/mol. The van der Waals surface area contributed by atoms with Crippen molar-refractivity contribution in [2.24, 2.45) is 0 Å². The highest BCUT2D eigenvalue weighted by Gasteiger charge is 2.27. The van der Waals surface area contributed by atoms with Gasteiger partial charge in [0.25, 0.3) is 0 Å². The van der Waals surface area contributed by atoms with E-state index in [0.29, 0.717) is 6.61 Å². The van der Waals surface area contributed by atoms with Crippen LogP contribution in [0.25, 0.3) is 5.69 Å². The van der Waals surface area contributed by atoms with Crippen molar-refractivity contribution in [2.45, 2.75) is 12.7 Å². The Labute approximate surface area is 122 Å². The number of fused-ring (bicyclic) bond motifs is 1. The number of ether oxygens (including phenoxy) is 2. The van der Waals surface area contributed by atoms with Gasteiger partial charge in [-0.1, -0.05) is 12.1 Å². The molecular weight excluding hydrogens is 270 g/mol. The van der Waals surface area contributed by atoms with Crippen molar-refractivity contribution < 1.29 is 14.3 Å². The summed E-state index contributed by atoms with van der Waals surface area (Å²) in [5, 5.41) is 4.27. The highest BCUT2D eigenvalue weighted by Crippen LogP contribution is 2.32. The van der Waals surface area contributed by atoms with Crippen LogP contribution in [0.1, 0.15) is 17.4 Å². The molecule has 2 aromatic rings. The van der Waals surface area contributed by atoms with Gasteiger partial charge in [-0.2, -0.15) is 5.10 Å². The lowest BCUT2D eigenvalue weighted by molar-refractivity contribution is -0.120. The average Bonchev–Trinajstić information content (AvgIpc) is 3.01. The zero-order valence-electron chi connectivity index (χ0n) is 12.0. The van der Waals surface area contributed by atoms with E-state index in [0.717, 1.165) is 23.2 Å². The van der Waals surface area contributed by atoms with E-state index in [4.69, 9.17) is 9.47 Å². The molecule has 1 aromatic heterocycles. The lowest BCUT2D eigenvalue weighted by Crippen LogP contribution is -2.28. The third-order valence-electron chi connectivity index (χ3n) is 3.39. The summed E-state index contributed by atoms with van der Waals surface area (Å²) >= 11 is 0. The first kappa shape index (κ1) is 13.6. The van der Waals surface area contributed by atoms with Crippen molar-refractivity contribution in [3.05, 3.63) is 47.8 Å². The molecule has 6 nitrogen and oxygen atoms in total. The smallest absolute Gasteiger partial charge is 0.411 e. The predicted molar refractivity (Wildman–Crippen MR) is 76.1 cm³/mol. The van der Waals surface area contributed by atoms with Gasteiger partial charge in [0.2, 0.25) is 6.29 Å². The number of carbonyl (C=O) groups excluding carboxylic acids is 1. The van der Waals surface area contributed by atoms with Crippen molar-refractivity contribution in [3.8, 4) is 5.69 Å². The standard InChI is InChI=1S/C15H17N3O3/c1-17(2)15(19)21-14-12-5-3-6-13(11(12)7-10-20-14)18-9-4-8-16-18/h3-6,8-9,14H,7,10H2,1-2H3. The topological polar surface area (TPSA) is 56.6 Å². The highest BCUT2D eigenvalue weighted by molar-refractivity contribution is 5.67. The minimum absolute atomic E-state index is 0.419. The van der Waals surface area contributed by atoms with Crippen LogP contribution in [0.15, 0.2) is 36.7 Å². The van der Waals surface area contributed by atoms with Gasteiger partial charge >= 0.3 is 6.09 Å². The van der Waals surface area contributed by atoms with Gasteiger partial charge in [-0.25, -0.2) is 9.48 Å². The number of aromatic nitrogens is 2. The van der Waals surface area contributed by atoms with Crippen LogP contribution in [0.3, 0.4) is 0 Å². The lowest BCUT2D eigenvalue weighted by atomic mass is 10.00. The minimum atomic E-state index is -0.667. The first-order chi connectivity index (χ1) is 10.2. The Morgan fingerprint density at radius 1 is 1.43 bits per heavy atom. The van der Waals surface area contributed by atoms with Crippen molar-refractivity contribution in [2.75, 3.05) is 20.7 Å². The Hall–Kier alpha value is -2.34. The molecule has 1 unspecified atom stereocenters. The molecule has 0 N–H and O–H groups in total. The zero-order valence-corrected chi connectivity index (χ0v) is 12.0. The predicted octanol–water partition coefficient (Wildman–Crippen LogP) is 2.14. The quantitative estimate of drug-likeness (QED) is 0.849. The number of hydrogen-bond acceptors (Lipinski definition) is 4. The third-order valence-corrected chi connectivity index (χ3v) is 3.39. The Bertz CT molecular complexity index is 638. The maximum absolute atomic E-state index is 11.7. The normalized spacial score (nSPS) is 17.1. The van der Waals surface area contributed by atoms with Crippen molar-refractivity contribution in [3.63, 3.8) is 0 Å². The summed E-state index contributed by atoms with van der Waals surface area (Å²) in [5.41, 5.74) is 2.97. The van der Waals surface area contributed by atoms with Crippen LogP contribution < -0.4 is 0 Å². The summed E-state index contributed by atoms with van der Waals surface area (Å²) in [6, 6.07) is 7.72. The molecule has 1 aromatic carbocycles. The molecule has 1 amide bonds. The molecule has 0 aliphatic carbocycles. The third kappa shape index (κ3) is 2.62. The average molecular weight is 287 g/mol. The van der Waals surface area contributed by atoms with Gasteiger partial charge in [-0.3, -0.25) is 0 Å². The molecule has 0 saturated carbocycles. The molecule has 0 bridgehead atoms. The first-order valence-corrected chi connectivity index (χ1v) is 6.78. The van der Waals surface area contributed by atoms with Gasteiger partial charge in [0, 0.05) is 32.1 Å². The second kappa shape index (κ2) is 5.57. The van der Waals surface area contributed by atoms with E-state index in [1.807, 2.05) is 35.1 Å². The van der Waals surface area contributed by atoms with Crippen molar-refractivity contribution >= 4 is 6.09 Å². The first-order valence-electron chi connectivity index (χ1n) is 6.78. The molecule has 0 radical (unpaired) electrons. The molecule has 110 valence electrons. The number of benzene rings is 1. The van der Waals surface area contributed by atoms with Crippen LogP contribution in [0, 0.1) is 0 Å². The van der Waals surface area contributed by atoms with E-state index in [2.05, 4.69) is 5.10 Å². The molecule has 1 aliphatic rings. The Morgan fingerprint density at radius 3 is 3.00 bits per heavy atom. The van der Waals surface area contributed by atoms with Gasteiger partial charge < -0.3 is 14.4 Å². The number of hydrogen-bond donors (Lipinski definition) is 0. The fourth-order valence-corrected chi connectivity index (χ4v) is 2.36. The molecule has 0 fully saturated rings. The Balaban J connectivity index is 1.95. The van der Waals surface area contributed by atoms with Crippen LogP contribution in [0.4, 0.5) is 4.79 Å². The van der Waals surface area contributed by atoms with E-state index < -0.39 is 12.4 Å². The lowest BCUT2D eigenvalue weighted by Gasteiger charge is -2.28. The van der Waals surface area contributed by atoms with Gasteiger partial charge in [-0.15, -0.1) is 0 Å². The fourth-order valence-electron chi connectivity index (χ4n) is 2.36. The number of rotatable bonds is 2. The second-order valence-corrected chi connectivity index (χ2v) is 5.03. The van der Waals surface area contributed by atoms with Crippen LogP contribution >= 0.6 is 0 Å². The van der Waals surface area contributed by atoms with E-state index in [-0.39, 0.29) is 0 Å². The van der Waals surface area contributed by atoms with E-state index in [9.17, 15) is 4.79 Å². The highest BCUT2D eigenvalue weighted by atomic mass is 16.7. The molecule has 1 aliphatic heterocycles. The zero-order chi connectivity index (χ0) is 14.8. The van der Waals surface area contributed by atoms with E-state index in [1.165, 1.54) is 4.90 Å². The number of amides is 1. The fraction of sp³-hybridized carbons (Fsp3) is 0.333. The molecule has 3 rings (SSSR count). The van der Waals surface area contributed by atoms with Gasteiger partial charge in [0.05, 0.1) is 12.3 Å². The molecule has 2 heterocycles. The van der Waals surface area contributed by atoms with Crippen molar-refractivity contribution in [1.82, 2.24) is 14.7 Å². The molecule has 6 heteroatoms. The van der Waals surface area contributed by atoms with Crippen molar-refractivity contribution in [1.29, 1.82) is 0 Å². The molecule has 21 heavy (non-hydrogen) atoms. The second-order valence-electron chi connectivity index (χ2n) is 5.03. The SMILES string of the molecule is CN(C)C(=O)OC1OCCc2c1cccc2-n1cccn1. The molecule has 0 spiro atoms. The molecule has 0 saturated heterocycles.